The Labute approximate surface area is 167 Å². The highest BCUT2D eigenvalue weighted by Gasteiger charge is 2.25. The summed E-state index contributed by atoms with van der Waals surface area (Å²) in [7, 11) is 0. The third-order valence-corrected chi connectivity index (χ3v) is 5.27. The van der Waals surface area contributed by atoms with Gasteiger partial charge in [-0.15, -0.1) is 0 Å². The van der Waals surface area contributed by atoms with Crippen LogP contribution in [-0.2, 0) is 4.79 Å². The number of nitrogens with zero attached hydrogens (tertiary/aromatic N) is 2. The van der Waals surface area contributed by atoms with E-state index < -0.39 is 0 Å². The van der Waals surface area contributed by atoms with Gasteiger partial charge in [0.15, 0.2) is 0 Å². The van der Waals surface area contributed by atoms with Crippen molar-refractivity contribution >= 4 is 11.7 Å². The summed E-state index contributed by atoms with van der Waals surface area (Å²) in [4.78, 5) is 18.4. The standard InChI is InChI=1S/C23H43N3O/c1-3-5-6-7-8-9-10-11-12-13-14-15-16-17-18-19-23(27)26-20-21(24)25-22(26)4-2/h11-12,21H,3-10,13-20,24H2,1-2H3. The molecule has 2 N–H and O–H groups in total. The molecule has 1 amide bonds. The molecule has 4 nitrogen and oxygen atoms in total. The fourth-order valence-electron chi connectivity index (χ4n) is 3.60. The van der Waals surface area contributed by atoms with Gasteiger partial charge in [0.25, 0.3) is 0 Å². The number of amidine groups is 1. The first-order chi connectivity index (χ1) is 13.2. The van der Waals surface area contributed by atoms with Gasteiger partial charge in [-0.25, -0.2) is 0 Å². The van der Waals surface area contributed by atoms with Gasteiger partial charge in [0.2, 0.25) is 5.91 Å². The number of hydrogen-bond acceptors (Lipinski definition) is 3. The topological polar surface area (TPSA) is 58.7 Å². The van der Waals surface area contributed by atoms with Crippen LogP contribution in [0, 0.1) is 0 Å². The highest BCUT2D eigenvalue weighted by Crippen LogP contribution is 2.14. The van der Waals surface area contributed by atoms with Crippen molar-refractivity contribution in [3.8, 4) is 0 Å². The van der Waals surface area contributed by atoms with Gasteiger partial charge in [-0.1, -0.05) is 77.4 Å². The normalized spacial score (nSPS) is 17.1. The van der Waals surface area contributed by atoms with Gasteiger partial charge in [0.05, 0.1) is 6.54 Å². The Kier molecular flexibility index (Phi) is 14.0. The van der Waals surface area contributed by atoms with Crippen LogP contribution < -0.4 is 5.73 Å². The predicted molar refractivity (Wildman–Crippen MR) is 117 cm³/mol. The van der Waals surface area contributed by atoms with Gasteiger partial charge in [-0.2, -0.15) is 0 Å². The molecule has 0 aromatic heterocycles. The third kappa shape index (κ3) is 11.3. The van der Waals surface area contributed by atoms with Gasteiger partial charge in [0, 0.05) is 12.8 Å². The van der Waals surface area contributed by atoms with E-state index in [0.717, 1.165) is 25.1 Å². The van der Waals surface area contributed by atoms with Crippen LogP contribution in [0.15, 0.2) is 17.1 Å². The van der Waals surface area contributed by atoms with E-state index in [2.05, 4.69) is 24.1 Å². The highest BCUT2D eigenvalue weighted by atomic mass is 16.2. The second kappa shape index (κ2) is 15.9. The maximum atomic E-state index is 12.3. The van der Waals surface area contributed by atoms with Crippen molar-refractivity contribution in [1.29, 1.82) is 0 Å². The summed E-state index contributed by atoms with van der Waals surface area (Å²) in [5.41, 5.74) is 5.83. The average Bonchev–Trinajstić information content (AvgIpc) is 3.05. The molecule has 1 aliphatic heterocycles. The fraction of sp³-hybridized carbons (Fsp3) is 0.826. The molecule has 1 unspecified atom stereocenters. The summed E-state index contributed by atoms with van der Waals surface area (Å²) in [6.45, 7) is 4.86. The van der Waals surface area contributed by atoms with Crippen LogP contribution in [0.3, 0.4) is 0 Å². The zero-order valence-corrected chi connectivity index (χ0v) is 17.9. The van der Waals surface area contributed by atoms with Crippen molar-refractivity contribution < 1.29 is 4.79 Å². The molecule has 1 atom stereocenters. The lowest BCUT2D eigenvalue weighted by atomic mass is 10.1. The van der Waals surface area contributed by atoms with Crippen LogP contribution >= 0.6 is 0 Å². The van der Waals surface area contributed by atoms with Gasteiger partial charge >= 0.3 is 0 Å². The fourth-order valence-corrected chi connectivity index (χ4v) is 3.60. The molecule has 27 heavy (non-hydrogen) atoms. The molecule has 1 aliphatic rings. The largest absolute Gasteiger partial charge is 0.308 e. The summed E-state index contributed by atoms with van der Waals surface area (Å²) >= 11 is 0. The molecule has 0 spiro atoms. The van der Waals surface area contributed by atoms with Crippen LogP contribution in [0.5, 0.6) is 0 Å². The van der Waals surface area contributed by atoms with E-state index in [1.165, 1.54) is 70.6 Å². The smallest absolute Gasteiger partial charge is 0.228 e. The first-order valence-corrected chi connectivity index (χ1v) is 11.5. The minimum Gasteiger partial charge on any atom is -0.308 e. The summed E-state index contributed by atoms with van der Waals surface area (Å²) < 4.78 is 0. The third-order valence-electron chi connectivity index (χ3n) is 5.27. The van der Waals surface area contributed by atoms with Crippen molar-refractivity contribution in [2.45, 2.75) is 116 Å². The molecular weight excluding hydrogens is 334 g/mol. The number of amides is 1. The molecule has 0 saturated heterocycles. The van der Waals surface area contributed by atoms with E-state index in [0.29, 0.717) is 13.0 Å². The first kappa shape index (κ1) is 23.9. The quantitative estimate of drug-likeness (QED) is 0.266. The number of nitrogens with two attached hydrogens (primary N) is 1. The van der Waals surface area contributed by atoms with Crippen LogP contribution in [0.4, 0.5) is 0 Å². The Bertz CT molecular complexity index is 445. The van der Waals surface area contributed by atoms with Gasteiger partial charge in [0.1, 0.15) is 12.0 Å². The summed E-state index contributed by atoms with van der Waals surface area (Å²) in [6, 6.07) is 0. The monoisotopic (exact) mass is 377 g/mol. The molecular formula is C23H43N3O. The van der Waals surface area contributed by atoms with Crippen LogP contribution in [-0.4, -0.2) is 29.4 Å². The lowest BCUT2D eigenvalue weighted by molar-refractivity contribution is -0.127. The van der Waals surface area contributed by atoms with E-state index in [1.54, 1.807) is 4.90 Å². The molecule has 0 aliphatic carbocycles. The zero-order valence-electron chi connectivity index (χ0n) is 17.9. The van der Waals surface area contributed by atoms with Crippen molar-refractivity contribution in [2.75, 3.05) is 6.54 Å². The van der Waals surface area contributed by atoms with E-state index in [-0.39, 0.29) is 12.1 Å². The molecule has 1 rings (SSSR count). The number of carbonyl (C=O) groups excluding carboxylic acids is 1. The number of aliphatic imine (C=N–C) groups is 1. The molecule has 0 bridgehead atoms. The van der Waals surface area contributed by atoms with E-state index in [1.807, 2.05) is 6.92 Å². The summed E-state index contributed by atoms with van der Waals surface area (Å²) in [5.74, 6) is 1.06. The summed E-state index contributed by atoms with van der Waals surface area (Å²) in [6.07, 6.45) is 22.5. The molecule has 0 radical (unpaired) electrons. The second-order valence-corrected chi connectivity index (χ2v) is 7.80. The Balaban J connectivity index is 1.90. The average molecular weight is 378 g/mol. The Hall–Kier alpha value is -1.16. The number of rotatable bonds is 16. The van der Waals surface area contributed by atoms with Gasteiger partial charge in [-0.05, 0) is 32.1 Å². The molecule has 0 aromatic rings. The van der Waals surface area contributed by atoms with E-state index in [9.17, 15) is 4.79 Å². The van der Waals surface area contributed by atoms with Crippen molar-refractivity contribution in [1.82, 2.24) is 4.90 Å². The first-order valence-electron chi connectivity index (χ1n) is 11.5. The van der Waals surface area contributed by atoms with Crippen molar-refractivity contribution in [3.05, 3.63) is 12.2 Å². The molecule has 0 aromatic carbocycles. The number of unbranched alkanes of at least 4 members (excludes halogenated alkanes) is 11. The van der Waals surface area contributed by atoms with Crippen LogP contribution in [0.2, 0.25) is 0 Å². The molecule has 0 fully saturated rings. The van der Waals surface area contributed by atoms with Crippen molar-refractivity contribution in [3.63, 3.8) is 0 Å². The predicted octanol–water partition coefficient (Wildman–Crippen LogP) is 5.96. The van der Waals surface area contributed by atoms with Crippen molar-refractivity contribution in [2.24, 2.45) is 10.7 Å². The number of carbonyl (C=O) groups is 1. The Morgan fingerprint density at radius 3 is 2.11 bits per heavy atom. The molecule has 0 saturated carbocycles. The molecule has 1 heterocycles. The van der Waals surface area contributed by atoms with E-state index in [4.69, 9.17) is 5.73 Å². The minimum absolute atomic E-state index is 0.196. The van der Waals surface area contributed by atoms with Crippen LogP contribution in [0.1, 0.15) is 110 Å². The maximum Gasteiger partial charge on any atom is 0.228 e. The second-order valence-electron chi connectivity index (χ2n) is 7.80. The van der Waals surface area contributed by atoms with E-state index >= 15 is 0 Å². The minimum atomic E-state index is -0.224. The zero-order chi connectivity index (χ0) is 19.7. The molecule has 156 valence electrons. The highest BCUT2D eigenvalue weighted by molar-refractivity contribution is 5.99. The Morgan fingerprint density at radius 1 is 0.963 bits per heavy atom. The SMILES string of the molecule is CCCCCCCCC=CCCCCCCCC(=O)N1CC(N)N=C1CC. The summed E-state index contributed by atoms with van der Waals surface area (Å²) in [5, 5.41) is 0. The Morgan fingerprint density at radius 2 is 1.52 bits per heavy atom. The van der Waals surface area contributed by atoms with Gasteiger partial charge in [-0.3, -0.25) is 14.7 Å². The molecule has 4 heteroatoms. The number of allylic oxidation sites excluding steroid dienone is 2. The lowest BCUT2D eigenvalue weighted by Gasteiger charge is -2.17. The lowest BCUT2D eigenvalue weighted by Crippen LogP contribution is -2.36. The maximum absolute atomic E-state index is 12.3. The van der Waals surface area contributed by atoms with Crippen LogP contribution in [0.25, 0.3) is 0 Å². The number of hydrogen-bond donors (Lipinski definition) is 1. The van der Waals surface area contributed by atoms with Gasteiger partial charge < -0.3 is 5.73 Å².